The number of hydrogen-bond donors (Lipinski definition) is 1. The Balaban J connectivity index is 1.84. The molecular weight excluding hydrogens is 270 g/mol. The zero-order valence-corrected chi connectivity index (χ0v) is 12.4. The summed E-state index contributed by atoms with van der Waals surface area (Å²) in [6.45, 7) is 2.00. The maximum absolute atomic E-state index is 6.19. The maximum atomic E-state index is 6.19. The molecule has 20 heavy (non-hydrogen) atoms. The molecule has 2 aromatic rings. The van der Waals surface area contributed by atoms with E-state index in [0.717, 1.165) is 18.6 Å². The summed E-state index contributed by atoms with van der Waals surface area (Å²) in [6, 6.07) is 17.8. The second kappa shape index (κ2) is 7.32. The van der Waals surface area contributed by atoms with Crippen LogP contribution in [0.25, 0.3) is 0 Å². The molecular formula is C17H20ClNO. The highest BCUT2D eigenvalue weighted by molar-refractivity contribution is 6.30. The highest BCUT2D eigenvalue weighted by Crippen LogP contribution is 2.19. The van der Waals surface area contributed by atoms with Crippen LogP contribution in [0, 0.1) is 0 Å². The van der Waals surface area contributed by atoms with Crippen LogP contribution in [0.4, 0.5) is 0 Å². The van der Waals surface area contributed by atoms with Gasteiger partial charge >= 0.3 is 0 Å². The van der Waals surface area contributed by atoms with Crippen molar-refractivity contribution in [1.82, 2.24) is 0 Å². The van der Waals surface area contributed by atoms with E-state index in [1.165, 1.54) is 5.56 Å². The van der Waals surface area contributed by atoms with Crippen molar-refractivity contribution in [3.05, 3.63) is 65.2 Å². The lowest BCUT2D eigenvalue weighted by Gasteiger charge is -2.21. The molecule has 0 aliphatic carbocycles. The molecule has 0 fully saturated rings. The summed E-state index contributed by atoms with van der Waals surface area (Å²) in [7, 11) is 0. The van der Waals surface area contributed by atoms with Gasteiger partial charge in [0.2, 0.25) is 0 Å². The fourth-order valence-corrected chi connectivity index (χ4v) is 2.24. The van der Waals surface area contributed by atoms with E-state index in [4.69, 9.17) is 22.1 Å². The molecule has 0 spiro atoms. The first-order chi connectivity index (χ1) is 9.65. The molecule has 2 nitrogen and oxygen atoms in total. The lowest BCUT2D eigenvalue weighted by molar-refractivity contribution is 0.185. The summed E-state index contributed by atoms with van der Waals surface area (Å²) >= 11 is 5.94. The molecule has 0 radical (unpaired) electrons. The van der Waals surface area contributed by atoms with Crippen LogP contribution in [-0.4, -0.2) is 12.1 Å². The van der Waals surface area contributed by atoms with Crippen LogP contribution in [0.2, 0.25) is 5.02 Å². The zero-order valence-electron chi connectivity index (χ0n) is 11.6. The summed E-state index contributed by atoms with van der Waals surface area (Å²) in [6.07, 6.45) is 1.81. The first kappa shape index (κ1) is 14.9. The average Bonchev–Trinajstić information content (AvgIpc) is 2.46. The van der Waals surface area contributed by atoms with Crippen LogP contribution in [0.3, 0.4) is 0 Å². The lowest BCUT2D eigenvalue weighted by Crippen LogP contribution is -2.37. The SMILES string of the molecule is CC(Oc1cccc(Cl)c1)C(N)CCc1ccccc1. The van der Waals surface area contributed by atoms with Crippen molar-refractivity contribution < 1.29 is 4.74 Å². The Morgan fingerprint density at radius 3 is 2.55 bits per heavy atom. The molecule has 3 heteroatoms. The Labute approximate surface area is 125 Å². The van der Waals surface area contributed by atoms with Crippen LogP contribution in [0.15, 0.2) is 54.6 Å². The number of aryl methyl sites for hydroxylation is 1. The van der Waals surface area contributed by atoms with E-state index in [9.17, 15) is 0 Å². The van der Waals surface area contributed by atoms with Crippen molar-refractivity contribution in [3.8, 4) is 5.75 Å². The quantitative estimate of drug-likeness (QED) is 0.870. The Kier molecular flexibility index (Phi) is 5.45. The van der Waals surface area contributed by atoms with E-state index in [1.807, 2.05) is 49.4 Å². The molecule has 2 atom stereocenters. The molecule has 2 rings (SSSR count). The third kappa shape index (κ3) is 4.55. The van der Waals surface area contributed by atoms with Crippen molar-refractivity contribution >= 4 is 11.6 Å². The van der Waals surface area contributed by atoms with Gasteiger partial charge in [-0.05, 0) is 43.5 Å². The third-order valence-corrected chi connectivity index (χ3v) is 3.57. The van der Waals surface area contributed by atoms with Crippen molar-refractivity contribution in [3.63, 3.8) is 0 Å². The standard InChI is InChI=1S/C17H20ClNO/c1-13(20-16-9-5-8-15(18)12-16)17(19)11-10-14-6-3-2-4-7-14/h2-9,12-13,17H,10-11,19H2,1H3. The molecule has 0 amide bonds. The van der Waals surface area contributed by atoms with E-state index in [0.29, 0.717) is 5.02 Å². The largest absolute Gasteiger partial charge is 0.489 e. The summed E-state index contributed by atoms with van der Waals surface area (Å²) in [5, 5.41) is 0.674. The van der Waals surface area contributed by atoms with Crippen molar-refractivity contribution in [1.29, 1.82) is 0 Å². The van der Waals surface area contributed by atoms with E-state index in [2.05, 4.69) is 12.1 Å². The monoisotopic (exact) mass is 289 g/mol. The maximum Gasteiger partial charge on any atom is 0.121 e. The van der Waals surface area contributed by atoms with E-state index in [-0.39, 0.29) is 12.1 Å². The molecule has 2 aromatic carbocycles. The van der Waals surface area contributed by atoms with Gasteiger partial charge in [0.05, 0.1) is 0 Å². The smallest absolute Gasteiger partial charge is 0.121 e. The first-order valence-corrected chi connectivity index (χ1v) is 7.24. The fourth-order valence-electron chi connectivity index (χ4n) is 2.06. The number of rotatable bonds is 6. The number of nitrogens with two attached hydrogens (primary N) is 1. The number of halogens is 1. The predicted octanol–water partition coefficient (Wildman–Crippen LogP) is 4.07. The summed E-state index contributed by atoms with van der Waals surface area (Å²) in [5.74, 6) is 0.764. The molecule has 0 heterocycles. The molecule has 106 valence electrons. The van der Waals surface area contributed by atoms with Gasteiger partial charge in [0, 0.05) is 11.1 Å². The van der Waals surface area contributed by atoms with Gasteiger partial charge in [-0.2, -0.15) is 0 Å². The van der Waals surface area contributed by atoms with Gasteiger partial charge in [0.15, 0.2) is 0 Å². The van der Waals surface area contributed by atoms with Gasteiger partial charge in [-0.3, -0.25) is 0 Å². The topological polar surface area (TPSA) is 35.2 Å². The van der Waals surface area contributed by atoms with Crippen LogP contribution in [0.5, 0.6) is 5.75 Å². The minimum atomic E-state index is -0.0443. The van der Waals surface area contributed by atoms with Gasteiger partial charge < -0.3 is 10.5 Å². The van der Waals surface area contributed by atoms with Gasteiger partial charge in [-0.25, -0.2) is 0 Å². The molecule has 0 aliphatic heterocycles. The normalized spacial score (nSPS) is 13.8. The van der Waals surface area contributed by atoms with Gasteiger partial charge in [-0.1, -0.05) is 48.0 Å². The predicted molar refractivity (Wildman–Crippen MR) is 84.3 cm³/mol. The van der Waals surface area contributed by atoms with Gasteiger partial charge in [0.1, 0.15) is 11.9 Å². The second-order valence-electron chi connectivity index (χ2n) is 4.97. The number of benzene rings is 2. The summed E-state index contributed by atoms with van der Waals surface area (Å²) < 4.78 is 5.84. The summed E-state index contributed by atoms with van der Waals surface area (Å²) in [4.78, 5) is 0. The molecule has 0 saturated carbocycles. The Bertz CT molecular complexity index is 530. The van der Waals surface area contributed by atoms with E-state index >= 15 is 0 Å². The molecule has 0 aliphatic rings. The lowest BCUT2D eigenvalue weighted by atomic mass is 10.0. The Morgan fingerprint density at radius 1 is 1.10 bits per heavy atom. The summed E-state index contributed by atoms with van der Waals surface area (Å²) in [5.41, 5.74) is 7.50. The minimum Gasteiger partial charge on any atom is -0.489 e. The first-order valence-electron chi connectivity index (χ1n) is 6.87. The zero-order chi connectivity index (χ0) is 14.4. The highest BCUT2D eigenvalue weighted by atomic mass is 35.5. The van der Waals surface area contributed by atoms with Gasteiger partial charge in [-0.15, -0.1) is 0 Å². The van der Waals surface area contributed by atoms with E-state index < -0.39 is 0 Å². The molecule has 0 saturated heterocycles. The fraction of sp³-hybridized carbons (Fsp3) is 0.294. The van der Waals surface area contributed by atoms with Gasteiger partial charge in [0.25, 0.3) is 0 Å². The number of hydrogen-bond acceptors (Lipinski definition) is 2. The second-order valence-corrected chi connectivity index (χ2v) is 5.40. The van der Waals surface area contributed by atoms with Crippen LogP contribution < -0.4 is 10.5 Å². The van der Waals surface area contributed by atoms with E-state index in [1.54, 1.807) is 0 Å². The molecule has 0 bridgehead atoms. The van der Waals surface area contributed by atoms with Crippen LogP contribution in [-0.2, 0) is 6.42 Å². The molecule has 2 N–H and O–H groups in total. The Hall–Kier alpha value is -1.51. The van der Waals surface area contributed by atoms with Crippen molar-refractivity contribution in [2.24, 2.45) is 5.73 Å². The Morgan fingerprint density at radius 2 is 1.85 bits per heavy atom. The average molecular weight is 290 g/mol. The van der Waals surface area contributed by atoms with Crippen molar-refractivity contribution in [2.75, 3.05) is 0 Å². The number of ether oxygens (including phenoxy) is 1. The van der Waals surface area contributed by atoms with Crippen LogP contribution >= 0.6 is 11.6 Å². The van der Waals surface area contributed by atoms with Crippen molar-refractivity contribution in [2.45, 2.75) is 31.9 Å². The minimum absolute atomic E-state index is 0.00538. The molecule has 0 aromatic heterocycles. The van der Waals surface area contributed by atoms with Crippen LogP contribution in [0.1, 0.15) is 18.9 Å². The third-order valence-electron chi connectivity index (χ3n) is 3.33. The molecule has 2 unspecified atom stereocenters. The highest BCUT2D eigenvalue weighted by Gasteiger charge is 2.14.